The van der Waals surface area contributed by atoms with E-state index in [-0.39, 0.29) is 0 Å². The summed E-state index contributed by atoms with van der Waals surface area (Å²) in [5.41, 5.74) is 1.21. The van der Waals surface area contributed by atoms with Gasteiger partial charge in [-0.25, -0.2) is 0 Å². The number of aryl methyl sites for hydroxylation is 1. The summed E-state index contributed by atoms with van der Waals surface area (Å²) < 4.78 is 12.2. The number of aromatic nitrogens is 2. The number of hydrogen-bond acceptors (Lipinski definition) is 4. The molecule has 1 aromatic heterocycles. The normalized spacial score (nSPS) is 12.8. The van der Waals surface area contributed by atoms with Crippen molar-refractivity contribution in [3.05, 3.63) is 18.0 Å². The summed E-state index contributed by atoms with van der Waals surface area (Å²) in [5.74, 6) is 0. The van der Waals surface area contributed by atoms with Crippen molar-refractivity contribution in [1.82, 2.24) is 15.1 Å². The topological polar surface area (TPSA) is 48.3 Å². The van der Waals surface area contributed by atoms with E-state index in [1.54, 1.807) is 7.11 Å². The van der Waals surface area contributed by atoms with Gasteiger partial charge in [0.1, 0.15) is 0 Å². The summed E-state index contributed by atoms with van der Waals surface area (Å²) in [7, 11) is 3.66. The van der Waals surface area contributed by atoms with Gasteiger partial charge in [0, 0.05) is 33.0 Å². The number of methoxy groups -OCH3 is 1. The largest absolute Gasteiger partial charge is 0.382 e. The zero-order valence-electron chi connectivity index (χ0n) is 11.7. The highest BCUT2D eigenvalue weighted by atomic mass is 16.5. The second kappa shape index (κ2) is 9.08. The summed E-state index contributed by atoms with van der Waals surface area (Å²) in [4.78, 5) is 0. The predicted octanol–water partition coefficient (Wildman–Crippen LogP) is 1.51. The molecule has 1 N–H and O–H groups in total. The Morgan fingerprint density at radius 2 is 2.17 bits per heavy atom. The smallest absolute Gasteiger partial charge is 0.0700 e. The van der Waals surface area contributed by atoms with E-state index in [1.165, 1.54) is 5.69 Å². The summed E-state index contributed by atoms with van der Waals surface area (Å²) in [5, 5.41) is 7.66. The van der Waals surface area contributed by atoms with Crippen LogP contribution < -0.4 is 5.32 Å². The maximum Gasteiger partial charge on any atom is 0.0700 e. The monoisotopic (exact) mass is 255 g/mol. The standard InChI is InChI=1S/C13H25N3O2/c1-12(13-6-8-15-16(13)2)14-7-4-5-9-18-11-10-17-3/h6,8,12,14H,4-5,7,9-11H2,1-3H3. The van der Waals surface area contributed by atoms with Crippen molar-refractivity contribution in [2.45, 2.75) is 25.8 Å². The van der Waals surface area contributed by atoms with Crippen LogP contribution >= 0.6 is 0 Å². The molecule has 1 unspecified atom stereocenters. The Bertz CT molecular complexity index is 315. The van der Waals surface area contributed by atoms with Gasteiger partial charge in [0.15, 0.2) is 0 Å². The SMILES string of the molecule is COCCOCCCCNC(C)c1ccnn1C. The number of rotatable bonds is 10. The van der Waals surface area contributed by atoms with E-state index in [4.69, 9.17) is 9.47 Å². The second-order valence-electron chi connectivity index (χ2n) is 4.37. The molecular formula is C13H25N3O2. The van der Waals surface area contributed by atoms with Crippen molar-refractivity contribution in [2.75, 3.05) is 33.5 Å². The van der Waals surface area contributed by atoms with Crippen LogP contribution in [-0.2, 0) is 16.5 Å². The minimum Gasteiger partial charge on any atom is -0.382 e. The van der Waals surface area contributed by atoms with Crippen molar-refractivity contribution < 1.29 is 9.47 Å². The molecule has 0 amide bonds. The van der Waals surface area contributed by atoms with E-state index in [1.807, 2.05) is 24.0 Å². The Labute approximate surface area is 109 Å². The van der Waals surface area contributed by atoms with Crippen LogP contribution in [0.15, 0.2) is 12.3 Å². The van der Waals surface area contributed by atoms with E-state index in [9.17, 15) is 0 Å². The second-order valence-corrected chi connectivity index (χ2v) is 4.37. The minimum absolute atomic E-state index is 0.340. The van der Waals surface area contributed by atoms with Gasteiger partial charge >= 0.3 is 0 Å². The molecule has 0 radical (unpaired) electrons. The number of hydrogen-bond donors (Lipinski definition) is 1. The van der Waals surface area contributed by atoms with Crippen LogP contribution in [0, 0.1) is 0 Å². The van der Waals surface area contributed by atoms with Gasteiger partial charge in [0.25, 0.3) is 0 Å². The zero-order valence-corrected chi connectivity index (χ0v) is 11.7. The maximum atomic E-state index is 5.41. The van der Waals surface area contributed by atoms with E-state index in [0.717, 1.165) is 26.0 Å². The van der Waals surface area contributed by atoms with E-state index in [0.29, 0.717) is 19.3 Å². The van der Waals surface area contributed by atoms with Gasteiger partial charge in [-0.2, -0.15) is 5.10 Å². The molecule has 0 aliphatic carbocycles. The Balaban J connectivity index is 1.99. The van der Waals surface area contributed by atoms with Crippen LogP contribution in [0.5, 0.6) is 0 Å². The summed E-state index contributed by atoms with van der Waals surface area (Å²) in [6.45, 7) is 5.34. The molecule has 1 atom stereocenters. The Hall–Kier alpha value is -0.910. The van der Waals surface area contributed by atoms with Gasteiger partial charge in [-0.15, -0.1) is 0 Å². The summed E-state index contributed by atoms with van der Waals surface area (Å²) in [6.07, 6.45) is 4.03. The third-order valence-corrected chi connectivity index (χ3v) is 2.90. The zero-order chi connectivity index (χ0) is 13.2. The van der Waals surface area contributed by atoms with Gasteiger partial charge in [-0.05, 0) is 32.4 Å². The Kier molecular flexibility index (Phi) is 7.64. The molecule has 0 aliphatic heterocycles. The molecule has 0 spiro atoms. The van der Waals surface area contributed by atoms with Gasteiger partial charge in [-0.1, -0.05) is 0 Å². The molecule has 18 heavy (non-hydrogen) atoms. The van der Waals surface area contributed by atoms with Crippen molar-refractivity contribution in [3.8, 4) is 0 Å². The fraction of sp³-hybridized carbons (Fsp3) is 0.769. The predicted molar refractivity (Wildman–Crippen MR) is 71.6 cm³/mol. The molecular weight excluding hydrogens is 230 g/mol. The lowest BCUT2D eigenvalue weighted by molar-refractivity contribution is 0.0687. The van der Waals surface area contributed by atoms with Crippen LogP contribution in [-0.4, -0.2) is 43.3 Å². The molecule has 0 saturated heterocycles. The Morgan fingerprint density at radius 1 is 1.33 bits per heavy atom. The lowest BCUT2D eigenvalue weighted by Crippen LogP contribution is -2.22. The highest BCUT2D eigenvalue weighted by molar-refractivity contribution is 5.04. The van der Waals surface area contributed by atoms with Gasteiger partial charge < -0.3 is 14.8 Å². The molecule has 0 aromatic carbocycles. The van der Waals surface area contributed by atoms with Crippen molar-refractivity contribution in [1.29, 1.82) is 0 Å². The molecule has 0 saturated carbocycles. The first kappa shape index (κ1) is 15.1. The first-order valence-electron chi connectivity index (χ1n) is 6.53. The summed E-state index contributed by atoms with van der Waals surface area (Å²) >= 11 is 0. The molecule has 5 nitrogen and oxygen atoms in total. The molecule has 104 valence electrons. The highest BCUT2D eigenvalue weighted by Gasteiger charge is 2.07. The van der Waals surface area contributed by atoms with E-state index in [2.05, 4.69) is 17.3 Å². The third-order valence-electron chi connectivity index (χ3n) is 2.90. The molecule has 0 fully saturated rings. The van der Waals surface area contributed by atoms with Crippen LogP contribution in [0.25, 0.3) is 0 Å². The van der Waals surface area contributed by atoms with E-state index < -0.39 is 0 Å². The maximum absolute atomic E-state index is 5.41. The molecule has 0 bridgehead atoms. The lowest BCUT2D eigenvalue weighted by atomic mass is 10.2. The van der Waals surface area contributed by atoms with Gasteiger partial charge in [-0.3, -0.25) is 4.68 Å². The Morgan fingerprint density at radius 3 is 2.83 bits per heavy atom. The van der Waals surface area contributed by atoms with Gasteiger partial charge in [0.05, 0.1) is 18.9 Å². The van der Waals surface area contributed by atoms with Crippen LogP contribution in [0.2, 0.25) is 0 Å². The van der Waals surface area contributed by atoms with E-state index >= 15 is 0 Å². The van der Waals surface area contributed by atoms with Gasteiger partial charge in [0.2, 0.25) is 0 Å². The molecule has 1 aromatic rings. The molecule has 1 heterocycles. The van der Waals surface area contributed by atoms with Crippen molar-refractivity contribution >= 4 is 0 Å². The minimum atomic E-state index is 0.340. The lowest BCUT2D eigenvalue weighted by Gasteiger charge is -2.14. The number of ether oxygens (including phenoxy) is 2. The molecule has 0 aliphatic rings. The number of nitrogens with one attached hydrogen (secondary N) is 1. The number of nitrogens with zero attached hydrogens (tertiary/aromatic N) is 2. The average molecular weight is 255 g/mol. The quantitative estimate of drug-likeness (QED) is 0.644. The first-order chi connectivity index (χ1) is 8.75. The highest BCUT2D eigenvalue weighted by Crippen LogP contribution is 2.09. The van der Waals surface area contributed by atoms with Crippen LogP contribution in [0.3, 0.4) is 0 Å². The first-order valence-corrected chi connectivity index (χ1v) is 6.53. The van der Waals surface area contributed by atoms with Crippen molar-refractivity contribution in [2.24, 2.45) is 7.05 Å². The van der Waals surface area contributed by atoms with Crippen molar-refractivity contribution in [3.63, 3.8) is 0 Å². The summed E-state index contributed by atoms with van der Waals surface area (Å²) in [6, 6.07) is 2.39. The average Bonchev–Trinajstić information content (AvgIpc) is 2.79. The molecule has 1 rings (SSSR count). The number of unbranched alkanes of at least 4 members (excludes halogenated alkanes) is 1. The third kappa shape index (κ3) is 5.62. The fourth-order valence-electron chi connectivity index (χ4n) is 1.81. The van der Waals surface area contributed by atoms with Crippen LogP contribution in [0.4, 0.5) is 0 Å². The molecule has 5 heteroatoms. The van der Waals surface area contributed by atoms with Crippen LogP contribution in [0.1, 0.15) is 31.5 Å². The fourth-order valence-corrected chi connectivity index (χ4v) is 1.81.